The highest BCUT2D eigenvalue weighted by molar-refractivity contribution is 7.03. The van der Waals surface area contributed by atoms with Crippen molar-refractivity contribution in [1.29, 1.82) is 0 Å². The largest absolute Gasteiger partial charge is 0.355 e. The number of rotatable bonds is 3. The molecule has 1 unspecified atom stereocenters. The zero-order chi connectivity index (χ0) is 9.80. The van der Waals surface area contributed by atoms with E-state index in [0.717, 1.165) is 25.1 Å². The summed E-state index contributed by atoms with van der Waals surface area (Å²) in [5.74, 6) is 0.0967. The molecule has 0 spiro atoms. The van der Waals surface area contributed by atoms with Crippen LogP contribution in [0.5, 0.6) is 0 Å². The summed E-state index contributed by atoms with van der Waals surface area (Å²) in [6.45, 7) is 1.42. The number of carbonyl (C=O) groups excluding carboxylic acids is 1. The Morgan fingerprint density at radius 3 is 3.36 bits per heavy atom. The van der Waals surface area contributed by atoms with Crippen LogP contribution in [0.2, 0.25) is 0 Å². The van der Waals surface area contributed by atoms with Gasteiger partial charge in [-0.3, -0.25) is 4.79 Å². The Bertz CT molecular complexity index is 300. The first-order valence-corrected chi connectivity index (χ1v) is 5.47. The van der Waals surface area contributed by atoms with E-state index in [1.807, 2.05) is 5.38 Å². The topological polar surface area (TPSA) is 66.9 Å². The second kappa shape index (κ2) is 4.47. The minimum Gasteiger partial charge on any atom is -0.355 e. The molecular weight excluding hydrogens is 200 g/mol. The number of piperidine rings is 1. The molecule has 2 heterocycles. The van der Waals surface area contributed by atoms with E-state index in [1.54, 1.807) is 0 Å². The molecule has 6 heteroatoms. The molecule has 2 rings (SSSR count). The molecule has 76 valence electrons. The highest BCUT2D eigenvalue weighted by atomic mass is 32.1. The predicted molar refractivity (Wildman–Crippen MR) is 52.8 cm³/mol. The number of nitrogens with zero attached hydrogens (tertiary/aromatic N) is 2. The zero-order valence-corrected chi connectivity index (χ0v) is 8.51. The summed E-state index contributed by atoms with van der Waals surface area (Å²) in [4.78, 5) is 11.3. The molecule has 1 aliphatic heterocycles. The lowest BCUT2D eigenvalue weighted by atomic mass is 10.1. The summed E-state index contributed by atoms with van der Waals surface area (Å²) < 4.78 is 3.76. The van der Waals surface area contributed by atoms with Crippen molar-refractivity contribution in [1.82, 2.24) is 20.2 Å². The summed E-state index contributed by atoms with van der Waals surface area (Å²) in [7, 11) is 0. The Kier molecular flexibility index (Phi) is 3.05. The van der Waals surface area contributed by atoms with Crippen LogP contribution in [0.4, 0.5) is 0 Å². The van der Waals surface area contributed by atoms with Gasteiger partial charge >= 0.3 is 0 Å². The highest BCUT2D eigenvalue weighted by Gasteiger charge is 2.20. The van der Waals surface area contributed by atoms with Crippen LogP contribution in [-0.4, -0.2) is 28.1 Å². The van der Waals surface area contributed by atoms with Gasteiger partial charge in [-0.25, -0.2) is 0 Å². The molecule has 1 aromatic heterocycles. The van der Waals surface area contributed by atoms with Crippen molar-refractivity contribution >= 4 is 17.4 Å². The van der Waals surface area contributed by atoms with E-state index in [0.29, 0.717) is 6.54 Å². The monoisotopic (exact) mass is 212 g/mol. The van der Waals surface area contributed by atoms with Crippen molar-refractivity contribution in [2.24, 2.45) is 0 Å². The Labute approximate surface area is 86.1 Å². The molecule has 0 bridgehead atoms. The van der Waals surface area contributed by atoms with Crippen LogP contribution in [0.3, 0.4) is 0 Å². The maximum Gasteiger partial charge on any atom is 0.237 e. The van der Waals surface area contributed by atoms with E-state index in [4.69, 9.17) is 0 Å². The van der Waals surface area contributed by atoms with Crippen molar-refractivity contribution in [2.75, 3.05) is 6.54 Å². The summed E-state index contributed by atoms with van der Waals surface area (Å²) in [6.07, 6.45) is 1.95. The summed E-state index contributed by atoms with van der Waals surface area (Å²) in [5.41, 5.74) is 0.897. The first-order chi connectivity index (χ1) is 6.86. The van der Waals surface area contributed by atoms with Crippen molar-refractivity contribution < 1.29 is 4.79 Å². The quantitative estimate of drug-likeness (QED) is 0.734. The SMILES string of the molecule is O=C1NCCCC1NCc1csnn1. The van der Waals surface area contributed by atoms with Crippen LogP contribution < -0.4 is 10.6 Å². The van der Waals surface area contributed by atoms with Gasteiger partial charge in [0.1, 0.15) is 0 Å². The van der Waals surface area contributed by atoms with E-state index in [-0.39, 0.29) is 11.9 Å². The second-order valence-electron chi connectivity index (χ2n) is 3.26. The molecule has 1 atom stereocenters. The summed E-state index contributed by atoms with van der Waals surface area (Å²) in [5, 5.41) is 11.8. The van der Waals surface area contributed by atoms with Gasteiger partial charge in [-0.2, -0.15) is 0 Å². The van der Waals surface area contributed by atoms with Crippen molar-refractivity contribution in [3.8, 4) is 0 Å². The minimum atomic E-state index is -0.0644. The molecule has 1 fully saturated rings. The molecular formula is C8H12N4OS. The first kappa shape index (κ1) is 9.54. The molecule has 1 saturated heterocycles. The number of nitrogens with one attached hydrogen (secondary N) is 2. The van der Waals surface area contributed by atoms with Gasteiger partial charge < -0.3 is 10.6 Å². The van der Waals surface area contributed by atoms with Crippen LogP contribution in [0.1, 0.15) is 18.5 Å². The lowest BCUT2D eigenvalue weighted by molar-refractivity contribution is -0.124. The third-order valence-corrected chi connectivity index (χ3v) is 2.77. The fourth-order valence-electron chi connectivity index (χ4n) is 1.46. The van der Waals surface area contributed by atoms with Crippen molar-refractivity contribution in [3.05, 3.63) is 11.1 Å². The third kappa shape index (κ3) is 2.27. The number of amides is 1. The third-order valence-electron chi connectivity index (χ3n) is 2.22. The van der Waals surface area contributed by atoms with Crippen molar-refractivity contribution in [2.45, 2.75) is 25.4 Å². The highest BCUT2D eigenvalue weighted by Crippen LogP contribution is 2.04. The number of carbonyl (C=O) groups is 1. The average molecular weight is 212 g/mol. The lowest BCUT2D eigenvalue weighted by Gasteiger charge is -2.22. The van der Waals surface area contributed by atoms with Crippen LogP contribution in [0.15, 0.2) is 5.38 Å². The second-order valence-corrected chi connectivity index (χ2v) is 3.87. The van der Waals surface area contributed by atoms with Gasteiger partial charge in [-0.1, -0.05) is 4.49 Å². The standard InChI is InChI=1S/C8H12N4OS/c13-8-7(2-1-3-9-8)10-4-6-5-14-12-11-6/h5,7,10H,1-4H2,(H,9,13). The smallest absolute Gasteiger partial charge is 0.237 e. The maximum atomic E-state index is 11.3. The van der Waals surface area contributed by atoms with Gasteiger partial charge in [-0.15, -0.1) is 5.10 Å². The summed E-state index contributed by atoms with van der Waals surface area (Å²) in [6, 6.07) is -0.0644. The van der Waals surface area contributed by atoms with Gasteiger partial charge in [0.05, 0.1) is 11.7 Å². The molecule has 0 radical (unpaired) electrons. The number of aromatic nitrogens is 2. The lowest BCUT2D eigenvalue weighted by Crippen LogP contribution is -2.47. The van der Waals surface area contributed by atoms with E-state index in [2.05, 4.69) is 20.2 Å². The van der Waals surface area contributed by atoms with Crippen LogP contribution >= 0.6 is 11.5 Å². The molecule has 1 aromatic rings. The van der Waals surface area contributed by atoms with E-state index >= 15 is 0 Å². The first-order valence-electron chi connectivity index (χ1n) is 4.63. The molecule has 1 amide bonds. The fraction of sp³-hybridized carbons (Fsp3) is 0.625. The van der Waals surface area contributed by atoms with Gasteiger partial charge in [-0.05, 0) is 24.4 Å². The minimum absolute atomic E-state index is 0.0644. The Morgan fingerprint density at radius 1 is 1.71 bits per heavy atom. The molecule has 0 aliphatic carbocycles. The van der Waals surface area contributed by atoms with E-state index < -0.39 is 0 Å². The Morgan fingerprint density at radius 2 is 2.64 bits per heavy atom. The van der Waals surface area contributed by atoms with Crippen LogP contribution in [0.25, 0.3) is 0 Å². The van der Waals surface area contributed by atoms with Gasteiger partial charge in [0.25, 0.3) is 0 Å². The van der Waals surface area contributed by atoms with Crippen LogP contribution in [0, 0.1) is 0 Å². The van der Waals surface area contributed by atoms with E-state index in [1.165, 1.54) is 11.5 Å². The molecule has 1 aliphatic rings. The van der Waals surface area contributed by atoms with Gasteiger partial charge in [0.15, 0.2) is 0 Å². The molecule has 14 heavy (non-hydrogen) atoms. The number of hydrogen-bond donors (Lipinski definition) is 2. The average Bonchev–Trinajstić information content (AvgIpc) is 2.69. The van der Waals surface area contributed by atoms with Gasteiger partial charge in [0.2, 0.25) is 5.91 Å². The summed E-state index contributed by atoms with van der Waals surface area (Å²) >= 11 is 1.33. The van der Waals surface area contributed by atoms with Gasteiger partial charge in [0, 0.05) is 18.5 Å². The van der Waals surface area contributed by atoms with Crippen molar-refractivity contribution in [3.63, 3.8) is 0 Å². The van der Waals surface area contributed by atoms with E-state index in [9.17, 15) is 4.79 Å². The number of hydrogen-bond acceptors (Lipinski definition) is 5. The Balaban J connectivity index is 1.82. The normalized spacial score (nSPS) is 22.0. The molecule has 0 aromatic carbocycles. The maximum absolute atomic E-state index is 11.3. The molecule has 0 saturated carbocycles. The zero-order valence-electron chi connectivity index (χ0n) is 7.69. The predicted octanol–water partition coefficient (Wildman–Crippen LogP) is -0.0937. The fourth-order valence-corrected chi connectivity index (χ4v) is 1.91. The van der Waals surface area contributed by atoms with Crippen LogP contribution in [-0.2, 0) is 11.3 Å². The Hall–Kier alpha value is -1.01. The molecule has 2 N–H and O–H groups in total. The molecule has 5 nitrogen and oxygen atoms in total.